The summed E-state index contributed by atoms with van der Waals surface area (Å²) in [5.74, 6) is -3.81. The minimum Gasteiger partial charge on any atom is -0.481 e. The van der Waals surface area contributed by atoms with Gasteiger partial charge in [-0.25, -0.2) is 0 Å². The van der Waals surface area contributed by atoms with Crippen LogP contribution in [-0.4, -0.2) is 39.9 Å². The zero-order valence-corrected chi connectivity index (χ0v) is 10.9. The lowest BCUT2D eigenvalue weighted by Crippen LogP contribution is -2.38. The second kappa shape index (κ2) is 5.24. The lowest BCUT2D eigenvalue weighted by atomic mass is 9.79. The Kier molecular flexibility index (Phi) is 4.34. The van der Waals surface area contributed by atoms with E-state index in [0.717, 1.165) is 0 Å². The molecular formula is C12H21NO5. The largest absolute Gasteiger partial charge is 0.481 e. The summed E-state index contributed by atoms with van der Waals surface area (Å²) in [7, 11) is 0. The van der Waals surface area contributed by atoms with Gasteiger partial charge in [0.05, 0.1) is 24.0 Å². The van der Waals surface area contributed by atoms with Crippen molar-refractivity contribution in [3.05, 3.63) is 0 Å². The summed E-state index contributed by atoms with van der Waals surface area (Å²) in [4.78, 5) is 21.5. The number of hydrogen-bond acceptors (Lipinski definition) is 4. The van der Waals surface area contributed by atoms with Crippen LogP contribution in [0.4, 0.5) is 0 Å². The predicted octanol–water partition coefficient (Wildman–Crippen LogP) is 0.693. The molecule has 4 N–H and O–H groups in total. The van der Waals surface area contributed by atoms with Crippen molar-refractivity contribution in [3.8, 4) is 0 Å². The van der Waals surface area contributed by atoms with Gasteiger partial charge >= 0.3 is 11.9 Å². The summed E-state index contributed by atoms with van der Waals surface area (Å²) in [5, 5.41) is 17.6. The minimum atomic E-state index is -1.06. The second-order valence-corrected chi connectivity index (χ2v) is 5.88. The number of aliphatic carboxylic acids is 2. The third-order valence-electron chi connectivity index (χ3n) is 2.84. The van der Waals surface area contributed by atoms with E-state index in [0.29, 0.717) is 12.8 Å². The molecule has 2 heterocycles. The first-order valence-electron chi connectivity index (χ1n) is 6.01. The van der Waals surface area contributed by atoms with E-state index in [2.05, 4.69) is 0 Å². The van der Waals surface area contributed by atoms with Crippen molar-refractivity contribution in [2.45, 2.75) is 51.4 Å². The third kappa shape index (κ3) is 3.68. The molecule has 2 rings (SSSR count). The van der Waals surface area contributed by atoms with Gasteiger partial charge in [0, 0.05) is 5.54 Å². The third-order valence-corrected chi connectivity index (χ3v) is 2.84. The average Bonchev–Trinajstić information content (AvgIpc) is 2.72. The Morgan fingerprint density at radius 2 is 1.33 bits per heavy atom. The molecule has 2 saturated heterocycles. The summed E-state index contributed by atoms with van der Waals surface area (Å²) in [6, 6.07) is 0. The Morgan fingerprint density at radius 3 is 1.56 bits per heavy atom. The van der Waals surface area contributed by atoms with Crippen LogP contribution < -0.4 is 5.73 Å². The number of hydrogen-bond donors (Lipinski definition) is 3. The molecule has 4 unspecified atom stereocenters. The van der Waals surface area contributed by atoms with Gasteiger partial charge in [0.15, 0.2) is 0 Å². The molecule has 4 atom stereocenters. The van der Waals surface area contributed by atoms with E-state index in [1.807, 2.05) is 20.8 Å². The Morgan fingerprint density at radius 1 is 1.06 bits per heavy atom. The van der Waals surface area contributed by atoms with E-state index in [-0.39, 0.29) is 17.7 Å². The van der Waals surface area contributed by atoms with Crippen LogP contribution >= 0.6 is 0 Å². The van der Waals surface area contributed by atoms with Crippen LogP contribution in [-0.2, 0) is 14.3 Å². The zero-order valence-electron chi connectivity index (χ0n) is 10.9. The number of rotatable bonds is 2. The smallest absolute Gasteiger partial charge is 0.310 e. The summed E-state index contributed by atoms with van der Waals surface area (Å²) in [6.45, 7) is 5.90. The fraction of sp³-hybridized carbons (Fsp3) is 0.833. The van der Waals surface area contributed by atoms with E-state index in [9.17, 15) is 9.59 Å². The minimum absolute atomic E-state index is 0. The molecule has 6 nitrogen and oxygen atoms in total. The molecule has 2 aliphatic rings. The van der Waals surface area contributed by atoms with Crippen LogP contribution in [0.15, 0.2) is 0 Å². The van der Waals surface area contributed by atoms with Gasteiger partial charge in [-0.3, -0.25) is 9.59 Å². The van der Waals surface area contributed by atoms with Crippen LogP contribution in [0.3, 0.4) is 0 Å². The highest BCUT2D eigenvalue weighted by atomic mass is 16.5. The molecule has 0 radical (unpaired) electrons. The predicted molar refractivity (Wildman–Crippen MR) is 64.1 cm³/mol. The Labute approximate surface area is 106 Å². The molecule has 18 heavy (non-hydrogen) atoms. The van der Waals surface area contributed by atoms with Crippen LogP contribution in [0, 0.1) is 11.8 Å². The first-order chi connectivity index (χ1) is 8.11. The van der Waals surface area contributed by atoms with Crippen molar-refractivity contribution in [2.75, 3.05) is 0 Å². The molecule has 2 bridgehead atoms. The molecule has 0 aromatic carbocycles. The van der Waals surface area contributed by atoms with Gasteiger partial charge < -0.3 is 20.7 Å². The fourth-order valence-electron chi connectivity index (χ4n) is 2.31. The number of ether oxygens (including phenoxy) is 1. The monoisotopic (exact) mass is 259 g/mol. The molecule has 0 saturated carbocycles. The van der Waals surface area contributed by atoms with Gasteiger partial charge in [0.25, 0.3) is 0 Å². The van der Waals surface area contributed by atoms with E-state index in [1.165, 1.54) is 0 Å². The molecule has 2 aliphatic heterocycles. The highest BCUT2D eigenvalue weighted by molar-refractivity contribution is 5.82. The SMILES string of the molecule is CC(C)(C)N.O=C(O)C1C2CCC(O2)C1C(=O)O. The number of carboxylic acids is 2. The van der Waals surface area contributed by atoms with E-state index in [1.54, 1.807) is 0 Å². The summed E-state index contributed by atoms with van der Waals surface area (Å²) in [6.07, 6.45) is 0.573. The summed E-state index contributed by atoms with van der Waals surface area (Å²) >= 11 is 0. The van der Waals surface area contributed by atoms with Crippen molar-refractivity contribution in [1.29, 1.82) is 0 Å². The molecule has 0 spiro atoms. The van der Waals surface area contributed by atoms with Gasteiger partial charge in [0.1, 0.15) is 0 Å². The molecule has 2 fully saturated rings. The fourth-order valence-corrected chi connectivity index (χ4v) is 2.31. The normalized spacial score (nSPS) is 33.8. The lowest BCUT2D eigenvalue weighted by Gasteiger charge is -2.20. The molecule has 0 aromatic rings. The van der Waals surface area contributed by atoms with Crippen molar-refractivity contribution in [2.24, 2.45) is 17.6 Å². The highest BCUT2D eigenvalue weighted by Gasteiger charge is 2.55. The average molecular weight is 259 g/mol. The maximum Gasteiger partial charge on any atom is 0.310 e. The maximum atomic E-state index is 10.8. The van der Waals surface area contributed by atoms with Crippen LogP contribution in [0.25, 0.3) is 0 Å². The second-order valence-electron chi connectivity index (χ2n) is 5.88. The molecule has 0 amide bonds. The Bertz CT molecular complexity index is 304. The van der Waals surface area contributed by atoms with Gasteiger partial charge in [-0.05, 0) is 33.6 Å². The first-order valence-corrected chi connectivity index (χ1v) is 6.01. The van der Waals surface area contributed by atoms with Crippen LogP contribution in [0.1, 0.15) is 33.6 Å². The number of carboxylic acid groups (broad SMARTS) is 2. The molecule has 0 aromatic heterocycles. The maximum absolute atomic E-state index is 10.8. The quantitative estimate of drug-likeness (QED) is 0.673. The standard InChI is InChI=1S/C8H10O5.C4H11N/c9-7(10)5-3-1-2-4(13-3)6(5)8(11)12;1-4(2,3)5/h3-6H,1-2H2,(H,9,10)(H,11,12);5H2,1-3H3. The van der Waals surface area contributed by atoms with Crippen molar-refractivity contribution >= 4 is 11.9 Å². The zero-order chi connectivity index (χ0) is 14.1. The molecule has 104 valence electrons. The van der Waals surface area contributed by atoms with Gasteiger partial charge in [-0.15, -0.1) is 0 Å². The summed E-state index contributed by atoms with van der Waals surface area (Å²) < 4.78 is 5.26. The molecular weight excluding hydrogens is 238 g/mol. The Balaban J connectivity index is 0.000000280. The van der Waals surface area contributed by atoms with E-state index in [4.69, 9.17) is 20.7 Å². The summed E-state index contributed by atoms with van der Waals surface area (Å²) in [5.41, 5.74) is 5.35. The van der Waals surface area contributed by atoms with Crippen molar-refractivity contribution in [1.82, 2.24) is 0 Å². The van der Waals surface area contributed by atoms with E-state index >= 15 is 0 Å². The van der Waals surface area contributed by atoms with Crippen molar-refractivity contribution in [3.63, 3.8) is 0 Å². The lowest BCUT2D eigenvalue weighted by molar-refractivity contribution is -0.154. The van der Waals surface area contributed by atoms with Crippen LogP contribution in [0.2, 0.25) is 0 Å². The van der Waals surface area contributed by atoms with Crippen LogP contribution in [0.5, 0.6) is 0 Å². The van der Waals surface area contributed by atoms with Gasteiger partial charge in [-0.2, -0.15) is 0 Å². The molecule has 6 heteroatoms. The topological polar surface area (TPSA) is 110 Å². The number of fused-ring (bicyclic) bond motifs is 2. The Hall–Kier alpha value is -1.14. The van der Waals surface area contributed by atoms with Crippen molar-refractivity contribution < 1.29 is 24.5 Å². The first kappa shape index (κ1) is 14.9. The number of carbonyl (C=O) groups is 2. The number of nitrogens with two attached hydrogens (primary N) is 1. The van der Waals surface area contributed by atoms with Gasteiger partial charge in [-0.1, -0.05) is 0 Å². The van der Waals surface area contributed by atoms with Gasteiger partial charge in [0.2, 0.25) is 0 Å². The highest BCUT2D eigenvalue weighted by Crippen LogP contribution is 2.43. The molecule has 0 aliphatic carbocycles. The van der Waals surface area contributed by atoms with E-state index < -0.39 is 23.8 Å².